The van der Waals surface area contributed by atoms with Crippen molar-refractivity contribution in [2.45, 2.75) is 30.8 Å². The molecule has 6 rings (SSSR count). The summed E-state index contributed by atoms with van der Waals surface area (Å²) in [5.41, 5.74) is 0.899. The van der Waals surface area contributed by atoms with Gasteiger partial charge in [-0.25, -0.2) is 8.78 Å². The van der Waals surface area contributed by atoms with Crippen LogP contribution in [0.25, 0.3) is 0 Å². The Hall–Kier alpha value is -2.21. The highest BCUT2D eigenvalue weighted by molar-refractivity contribution is 5.94. The first kappa shape index (κ1) is 16.0. The fourth-order valence-electron chi connectivity index (χ4n) is 5.29. The van der Waals surface area contributed by atoms with E-state index < -0.39 is 11.6 Å². The van der Waals surface area contributed by atoms with Crippen LogP contribution < -0.4 is 0 Å². The molecule has 3 atom stereocenters. The monoisotopic (exact) mass is 358 g/mol. The minimum atomic E-state index is -0.824. The van der Waals surface area contributed by atoms with Crippen molar-refractivity contribution in [2.75, 3.05) is 19.6 Å². The zero-order valence-corrected chi connectivity index (χ0v) is 14.3. The van der Waals surface area contributed by atoms with Gasteiger partial charge in [-0.2, -0.15) is 0 Å². The Balaban J connectivity index is 1.57. The van der Waals surface area contributed by atoms with Crippen LogP contribution in [0.4, 0.5) is 8.78 Å². The Morgan fingerprint density at radius 2 is 1.92 bits per heavy atom. The van der Waals surface area contributed by atoms with Crippen molar-refractivity contribution < 1.29 is 18.0 Å². The molecule has 1 aromatic heterocycles. The first-order valence-corrected chi connectivity index (χ1v) is 9.16. The van der Waals surface area contributed by atoms with E-state index in [1.165, 1.54) is 12.5 Å². The molecule has 0 radical (unpaired) electrons. The van der Waals surface area contributed by atoms with Crippen LogP contribution in [0.15, 0.2) is 41.2 Å². The molecule has 0 saturated carbocycles. The van der Waals surface area contributed by atoms with Gasteiger partial charge in [0.15, 0.2) is 11.6 Å². The van der Waals surface area contributed by atoms with Gasteiger partial charge in [0, 0.05) is 18.5 Å². The van der Waals surface area contributed by atoms with Crippen LogP contribution in [-0.4, -0.2) is 47.4 Å². The van der Waals surface area contributed by atoms with Gasteiger partial charge in [0.05, 0.1) is 17.9 Å². The highest BCUT2D eigenvalue weighted by Gasteiger charge is 2.55. The number of carbonyl (C=O) groups excluding carboxylic acids is 1. The van der Waals surface area contributed by atoms with Crippen LogP contribution in [0.1, 0.15) is 34.7 Å². The predicted octanol–water partition coefficient (Wildman–Crippen LogP) is 3.26. The van der Waals surface area contributed by atoms with Crippen molar-refractivity contribution in [3.05, 3.63) is 59.6 Å². The molecule has 4 saturated heterocycles. The summed E-state index contributed by atoms with van der Waals surface area (Å²) in [6.45, 7) is 2.34. The molecular weight excluding hydrogens is 338 g/mol. The molecule has 1 amide bonds. The van der Waals surface area contributed by atoms with Gasteiger partial charge in [0.1, 0.15) is 6.26 Å². The zero-order chi connectivity index (χ0) is 17.8. The second-order valence-corrected chi connectivity index (χ2v) is 7.57. The second-order valence-electron chi connectivity index (χ2n) is 7.57. The van der Waals surface area contributed by atoms with E-state index in [9.17, 15) is 13.6 Å². The average molecular weight is 358 g/mol. The third-order valence-corrected chi connectivity index (χ3v) is 6.40. The summed E-state index contributed by atoms with van der Waals surface area (Å²) in [6.07, 6.45) is 5.04. The van der Waals surface area contributed by atoms with Crippen LogP contribution in [0.5, 0.6) is 0 Å². The molecule has 4 aliphatic heterocycles. The van der Waals surface area contributed by atoms with Crippen molar-refractivity contribution >= 4 is 5.91 Å². The van der Waals surface area contributed by atoms with Crippen LogP contribution in [-0.2, 0) is 0 Å². The molecule has 2 aromatic rings. The summed E-state index contributed by atoms with van der Waals surface area (Å²) >= 11 is 0. The molecule has 26 heavy (non-hydrogen) atoms. The van der Waals surface area contributed by atoms with Gasteiger partial charge in [-0.15, -0.1) is 0 Å². The molecule has 1 aromatic carbocycles. The third-order valence-electron chi connectivity index (χ3n) is 6.40. The quantitative estimate of drug-likeness (QED) is 0.827. The second kappa shape index (κ2) is 5.91. The molecule has 4 aliphatic rings. The van der Waals surface area contributed by atoms with Gasteiger partial charge in [0.2, 0.25) is 0 Å². The van der Waals surface area contributed by atoms with Gasteiger partial charge in [0.25, 0.3) is 5.91 Å². The van der Waals surface area contributed by atoms with Gasteiger partial charge < -0.3 is 9.32 Å². The van der Waals surface area contributed by atoms with Crippen molar-refractivity contribution in [3.8, 4) is 0 Å². The van der Waals surface area contributed by atoms with E-state index in [1.807, 2.05) is 4.90 Å². The van der Waals surface area contributed by atoms with Gasteiger partial charge in [-0.05, 0) is 49.5 Å². The van der Waals surface area contributed by atoms with E-state index in [0.29, 0.717) is 23.6 Å². The minimum Gasteiger partial charge on any atom is -0.472 e. The van der Waals surface area contributed by atoms with E-state index in [2.05, 4.69) is 4.90 Å². The maximum Gasteiger partial charge on any atom is 0.257 e. The van der Waals surface area contributed by atoms with E-state index in [4.69, 9.17) is 4.42 Å². The lowest BCUT2D eigenvalue weighted by Crippen LogP contribution is -2.60. The molecule has 2 bridgehead atoms. The Labute approximate surface area is 150 Å². The average Bonchev–Trinajstić information content (AvgIpc) is 3.33. The summed E-state index contributed by atoms with van der Waals surface area (Å²) in [6, 6.07) is 6.12. The number of furan rings is 1. The van der Waals surface area contributed by atoms with Crippen molar-refractivity contribution in [2.24, 2.45) is 5.92 Å². The lowest BCUT2D eigenvalue weighted by Gasteiger charge is -2.51. The summed E-state index contributed by atoms with van der Waals surface area (Å²) in [5.74, 6) is -1.48. The molecule has 4 nitrogen and oxygen atoms in total. The number of benzene rings is 1. The highest BCUT2D eigenvalue weighted by atomic mass is 19.2. The van der Waals surface area contributed by atoms with Crippen molar-refractivity contribution in [1.29, 1.82) is 0 Å². The number of carbonyl (C=O) groups is 1. The molecule has 0 spiro atoms. The number of nitrogens with zero attached hydrogens (tertiary/aromatic N) is 2. The van der Waals surface area contributed by atoms with Gasteiger partial charge in [-0.1, -0.05) is 12.1 Å². The van der Waals surface area contributed by atoms with E-state index in [-0.39, 0.29) is 23.9 Å². The lowest BCUT2D eigenvalue weighted by molar-refractivity contribution is -0.00361. The smallest absolute Gasteiger partial charge is 0.257 e. The normalized spacial score (nSPS) is 32.7. The molecule has 6 heteroatoms. The van der Waals surface area contributed by atoms with Crippen LogP contribution in [0.2, 0.25) is 0 Å². The summed E-state index contributed by atoms with van der Waals surface area (Å²) in [5, 5.41) is 0. The largest absolute Gasteiger partial charge is 0.472 e. The maximum absolute atomic E-state index is 14.5. The SMILES string of the molecule is O=C(c1ccoc1)N1C[C@@H](c2cccc(F)c2F)[C@@H]2[C@H]1C1CCN2CC1. The van der Waals surface area contributed by atoms with Crippen LogP contribution >= 0.6 is 0 Å². The van der Waals surface area contributed by atoms with E-state index in [1.54, 1.807) is 18.2 Å². The molecular formula is C20H20F2N2O2. The van der Waals surface area contributed by atoms with E-state index in [0.717, 1.165) is 32.0 Å². The Kier molecular flexibility index (Phi) is 3.64. The first-order chi connectivity index (χ1) is 12.6. The molecule has 0 unspecified atom stereocenters. The summed E-state index contributed by atoms with van der Waals surface area (Å²) < 4.78 is 33.5. The number of halogens is 2. The van der Waals surface area contributed by atoms with Crippen molar-refractivity contribution in [3.63, 3.8) is 0 Å². The number of rotatable bonds is 2. The maximum atomic E-state index is 14.5. The number of likely N-dealkylation sites (tertiary alicyclic amines) is 1. The fraction of sp³-hybridized carbons (Fsp3) is 0.450. The molecule has 0 aliphatic carbocycles. The molecule has 4 fully saturated rings. The lowest BCUT2D eigenvalue weighted by atomic mass is 9.75. The molecule has 0 N–H and O–H groups in total. The number of amides is 1. The number of hydrogen-bond acceptors (Lipinski definition) is 3. The number of hydrogen-bond donors (Lipinski definition) is 0. The topological polar surface area (TPSA) is 36.7 Å². The van der Waals surface area contributed by atoms with Gasteiger partial charge in [-0.3, -0.25) is 9.69 Å². The number of fused-ring (bicyclic) bond motifs is 2. The van der Waals surface area contributed by atoms with Crippen molar-refractivity contribution in [1.82, 2.24) is 9.80 Å². The predicted molar refractivity (Wildman–Crippen MR) is 90.7 cm³/mol. The standard InChI is InChI=1S/C20H20F2N2O2/c21-16-3-1-2-14(17(16)22)15-10-24(20(25)13-6-9-26-11-13)18-12-4-7-23(8-5-12)19(15)18/h1-3,6,9,11-12,15,18-19H,4-5,7-8,10H2/t15-,18+,19+/m0/s1. The summed E-state index contributed by atoms with van der Waals surface area (Å²) in [4.78, 5) is 17.3. The van der Waals surface area contributed by atoms with E-state index >= 15 is 0 Å². The Bertz CT molecular complexity index is 830. The number of piperidine rings is 3. The summed E-state index contributed by atoms with van der Waals surface area (Å²) in [7, 11) is 0. The molecule has 5 heterocycles. The first-order valence-electron chi connectivity index (χ1n) is 9.16. The van der Waals surface area contributed by atoms with Crippen LogP contribution in [0.3, 0.4) is 0 Å². The zero-order valence-electron chi connectivity index (χ0n) is 14.3. The Morgan fingerprint density at radius 3 is 2.65 bits per heavy atom. The van der Waals surface area contributed by atoms with Gasteiger partial charge >= 0.3 is 0 Å². The van der Waals surface area contributed by atoms with Crippen LogP contribution in [0, 0.1) is 17.6 Å². The third kappa shape index (κ3) is 2.24. The highest BCUT2D eigenvalue weighted by Crippen LogP contribution is 2.47. The fourth-order valence-corrected chi connectivity index (χ4v) is 5.29. The molecule has 136 valence electrons. The Morgan fingerprint density at radius 1 is 1.12 bits per heavy atom. The minimum absolute atomic E-state index is 0.0487.